The van der Waals surface area contributed by atoms with E-state index in [9.17, 15) is 9.59 Å². The molecule has 1 N–H and O–H groups in total. The Balaban J connectivity index is 1.86. The predicted octanol–water partition coefficient (Wildman–Crippen LogP) is 3.76. The van der Waals surface area contributed by atoms with Gasteiger partial charge in [0.15, 0.2) is 5.78 Å². The third kappa shape index (κ3) is 4.28. The molecule has 2 rings (SSSR count). The summed E-state index contributed by atoms with van der Waals surface area (Å²) in [6.45, 7) is 1.57. The van der Waals surface area contributed by atoms with Crippen LogP contribution in [0.3, 0.4) is 0 Å². The SMILES string of the molecule is CC(=O)c1ccc(CCCc2ccc(C(=O)O)cc2)cc1. The summed E-state index contributed by atoms with van der Waals surface area (Å²) in [5.74, 6) is -0.813. The number of carboxylic acids is 1. The Kier molecular flexibility index (Phi) is 4.88. The van der Waals surface area contributed by atoms with Crippen LogP contribution in [0.25, 0.3) is 0 Å². The minimum Gasteiger partial charge on any atom is -0.478 e. The number of aryl methyl sites for hydroxylation is 2. The first-order chi connectivity index (χ1) is 10.1. The van der Waals surface area contributed by atoms with Crippen LogP contribution in [0.5, 0.6) is 0 Å². The van der Waals surface area contributed by atoms with Crippen molar-refractivity contribution in [1.29, 1.82) is 0 Å². The van der Waals surface area contributed by atoms with Gasteiger partial charge in [0.05, 0.1) is 5.56 Å². The standard InChI is InChI=1S/C18H18O3/c1-13(19)16-9-5-14(6-10-16)3-2-4-15-7-11-17(12-8-15)18(20)21/h5-12H,2-4H2,1H3,(H,20,21). The summed E-state index contributed by atoms with van der Waals surface area (Å²) in [6.07, 6.45) is 2.85. The summed E-state index contributed by atoms with van der Waals surface area (Å²) in [5, 5.41) is 8.84. The molecule has 0 radical (unpaired) electrons. The molecule has 3 heteroatoms. The van der Waals surface area contributed by atoms with Gasteiger partial charge in [-0.15, -0.1) is 0 Å². The van der Waals surface area contributed by atoms with Gasteiger partial charge in [-0.25, -0.2) is 4.79 Å². The van der Waals surface area contributed by atoms with Crippen molar-refractivity contribution in [2.75, 3.05) is 0 Å². The van der Waals surface area contributed by atoms with Gasteiger partial charge in [-0.05, 0) is 49.4 Å². The molecule has 0 bridgehead atoms. The Morgan fingerprint density at radius 2 is 1.24 bits per heavy atom. The van der Waals surface area contributed by atoms with Crippen molar-refractivity contribution in [2.45, 2.75) is 26.2 Å². The molecule has 3 nitrogen and oxygen atoms in total. The maximum atomic E-state index is 11.2. The summed E-state index contributed by atoms with van der Waals surface area (Å²) < 4.78 is 0. The lowest BCUT2D eigenvalue weighted by Crippen LogP contribution is -1.97. The van der Waals surface area contributed by atoms with Crippen molar-refractivity contribution >= 4 is 11.8 Å². The lowest BCUT2D eigenvalue weighted by atomic mass is 10.0. The van der Waals surface area contributed by atoms with Crippen molar-refractivity contribution in [3.05, 3.63) is 70.8 Å². The largest absolute Gasteiger partial charge is 0.478 e. The molecule has 0 aliphatic rings. The van der Waals surface area contributed by atoms with E-state index >= 15 is 0 Å². The fraction of sp³-hybridized carbons (Fsp3) is 0.222. The van der Waals surface area contributed by atoms with Crippen LogP contribution in [-0.2, 0) is 12.8 Å². The third-order valence-corrected chi connectivity index (χ3v) is 3.49. The van der Waals surface area contributed by atoms with E-state index in [0.717, 1.165) is 30.4 Å². The Labute approximate surface area is 124 Å². The third-order valence-electron chi connectivity index (χ3n) is 3.49. The molecule has 2 aromatic rings. The highest BCUT2D eigenvalue weighted by molar-refractivity contribution is 5.94. The second-order valence-electron chi connectivity index (χ2n) is 5.11. The van der Waals surface area contributed by atoms with Crippen LogP contribution in [0.4, 0.5) is 0 Å². The first-order valence-corrected chi connectivity index (χ1v) is 6.98. The molecular formula is C18H18O3. The first-order valence-electron chi connectivity index (χ1n) is 6.98. The van der Waals surface area contributed by atoms with E-state index in [0.29, 0.717) is 5.56 Å². The number of aromatic carboxylic acids is 1. The van der Waals surface area contributed by atoms with E-state index in [1.165, 1.54) is 5.56 Å². The zero-order valence-corrected chi connectivity index (χ0v) is 12.0. The molecule has 0 fully saturated rings. The smallest absolute Gasteiger partial charge is 0.335 e. The van der Waals surface area contributed by atoms with E-state index < -0.39 is 5.97 Å². The number of ketones is 1. The second-order valence-corrected chi connectivity index (χ2v) is 5.11. The van der Waals surface area contributed by atoms with E-state index in [4.69, 9.17) is 5.11 Å². The Hall–Kier alpha value is -2.42. The fourth-order valence-electron chi connectivity index (χ4n) is 2.22. The number of hydrogen-bond donors (Lipinski definition) is 1. The van der Waals surface area contributed by atoms with Crippen molar-refractivity contribution < 1.29 is 14.7 Å². The molecule has 0 unspecified atom stereocenters. The number of hydrogen-bond acceptors (Lipinski definition) is 2. The Bertz CT molecular complexity index is 567. The van der Waals surface area contributed by atoms with Crippen LogP contribution < -0.4 is 0 Å². The molecule has 0 heterocycles. The van der Waals surface area contributed by atoms with Crippen molar-refractivity contribution in [3.8, 4) is 0 Å². The van der Waals surface area contributed by atoms with Gasteiger partial charge >= 0.3 is 5.97 Å². The molecule has 0 saturated heterocycles. The van der Waals surface area contributed by atoms with Crippen LogP contribution in [0.15, 0.2) is 48.5 Å². The monoisotopic (exact) mass is 282 g/mol. The van der Waals surface area contributed by atoms with Crippen LogP contribution in [0, 0.1) is 0 Å². The molecule has 0 spiro atoms. The number of carbonyl (C=O) groups excluding carboxylic acids is 1. The van der Waals surface area contributed by atoms with Gasteiger partial charge in [-0.3, -0.25) is 4.79 Å². The topological polar surface area (TPSA) is 54.4 Å². The molecule has 0 aliphatic carbocycles. The molecule has 0 atom stereocenters. The molecule has 2 aromatic carbocycles. The van der Waals surface area contributed by atoms with Gasteiger partial charge in [0.1, 0.15) is 0 Å². The van der Waals surface area contributed by atoms with E-state index in [1.807, 2.05) is 36.4 Å². The molecule has 0 saturated carbocycles. The summed E-state index contributed by atoms with van der Waals surface area (Å²) in [6, 6.07) is 14.7. The van der Waals surface area contributed by atoms with Gasteiger partial charge in [0, 0.05) is 5.56 Å². The van der Waals surface area contributed by atoms with E-state index in [1.54, 1.807) is 19.1 Å². The molecule has 0 aliphatic heterocycles. The van der Waals surface area contributed by atoms with Gasteiger partial charge in [0.2, 0.25) is 0 Å². The number of Topliss-reactive ketones (excluding diaryl/α,β-unsaturated/α-hetero) is 1. The lowest BCUT2D eigenvalue weighted by Gasteiger charge is -2.04. The number of benzene rings is 2. The maximum Gasteiger partial charge on any atom is 0.335 e. The summed E-state index contributed by atoms with van der Waals surface area (Å²) in [5.41, 5.74) is 3.41. The molecule has 0 aromatic heterocycles. The van der Waals surface area contributed by atoms with Crippen molar-refractivity contribution in [1.82, 2.24) is 0 Å². The van der Waals surface area contributed by atoms with Crippen LogP contribution in [0.1, 0.15) is 45.2 Å². The van der Waals surface area contributed by atoms with Crippen molar-refractivity contribution in [2.24, 2.45) is 0 Å². The van der Waals surface area contributed by atoms with Gasteiger partial charge < -0.3 is 5.11 Å². The predicted molar refractivity (Wildman–Crippen MR) is 81.9 cm³/mol. The highest BCUT2D eigenvalue weighted by atomic mass is 16.4. The molecule has 21 heavy (non-hydrogen) atoms. The van der Waals surface area contributed by atoms with Crippen molar-refractivity contribution in [3.63, 3.8) is 0 Å². The highest BCUT2D eigenvalue weighted by Gasteiger charge is 2.02. The minimum atomic E-state index is -0.896. The summed E-state index contributed by atoms with van der Waals surface area (Å²) in [7, 11) is 0. The number of carbonyl (C=O) groups is 2. The van der Waals surface area contributed by atoms with Crippen LogP contribution in [0.2, 0.25) is 0 Å². The summed E-state index contributed by atoms with van der Waals surface area (Å²) >= 11 is 0. The fourth-order valence-corrected chi connectivity index (χ4v) is 2.22. The zero-order chi connectivity index (χ0) is 15.2. The first kappa shape index (κ1) is 15.0. The average Bonchev–Trinajstić information content (AvgIpc) is 2.48. The lowest BCUT2D eigenvalue weighted by molar-refractivity contribution is 0.0696. The molecular weight excluding hydrogens is 264 g/mol. The van der Waals surface area contributed by atoms with Gasteiger partial charge in [-0.2, -0.15) is 0 Å². The zero-order valence-electron chi connectivity index (χ0n) is 12.0. The Morgan fingerprint density at radius 1 is 0.810 bits per heavy atom. The van der Waals surface area contributed by atoms with Crippen LogP contribution in [-0.4, -0.2) is 16.9 Å². The second kappa shape index (κ2) is 6.84. The average molecular weight is 282 g/mol. The van der Waals surface area contributed by atoms with Gasteiger partial charge in [0.25, 0.3) is 0 Å². The normalized spacial score (nSPS) is 10.3. The van der Waals surface area contributed by atoms with E-state index in [-0.39, 0.29) is 5.78 Å². The number of carboxylic acid groups (broad SMARTS) is 1. The number of rotatable bonds is 6. The van der Waals surface area contributed by atoms with Crippen LogP contribution >= 0.6 is 0 Å². The van der Waals surface area contributed by atoms with Gasteiger partial charge in [-0.1, -0.05) is 36.4 Å². The summed E-state index contributed by atoms with van der Waals surface area (Å²) in [4.78, 5) is 22.0. The molecule has 0 amide bonds. The maximum absolute atomic E-state index is 11.2. The van der Waals surface area contributed by atoms with E-state index in [2.05, 4.69) is 0 Å². The highest BCUT2D eigenvalue weighted by Crippen LogP contribution is 2.11. The minimum absolute atomic E-state index is 0.0834. The quantitative estimate of drug-likeness (QED) is 0.821. The Morgan fingerprint density at radius 3 is 1.62 bits per heavy atom. The molecule has 108 valence electrons.